The highest BCUT2D eigenvalue weighted by Gasteiger charge is 2.37. The Balaban J connectivity index is 3.37. The van der Waals surface area contributed by atoms with E-state index in [0.717, 1.165) is 0 Å². The molecule has 0 aliphatic carbocycles. The number of H-pyrrole nitrogens is 1. The number of carboxylic acids is 3. The molecule has 32 heteroatoms. The molecule has 32 nitrogen and oxygen atoms in total. The molecule has 12 atom stereocenters. The highest BCUT2D eigenvalue weighted by Crippen LogP contribution is 2.15. The van der Waals surface area contributed by atoms with Gasteiger partial charge in [-0.25, -0.2) is 9.78 Å². The van der Waals surface area contributed by atoms with Crippen LogP contribution in [0.15, 0.2) is 17.5 Å². The smallest absolute Gasteiger partial charge is 0.326 e. The van der Waals surface area contributed by atoms with Crippen LogP contribution in [0.4, 0.5) is 0 Å². The van der Waals surface area contributed by atoms with Crippen LogP contribution in [0.1, 0.15) is 118 Å². The Labute approximate surface area is 467 Å². The lowest BCUT2D eigenvalue weighted by molar-refractivity contribution is -0.142. The third-order valence-corrected chi connectivity index (χ3v) is 13.1. The van der Waals surface area contributed by atoms with Crippen molar-refractivity contribution in [2.45, 2.75) is 173 Å². The molecule has 1 aromatic rings. The summed E-state index contributed by atoms with van der Waals surface area (Å²) in [6.45, 7) is 10.3. The van der Waals surface area contributed by atoms with E-state index in [1.54, 1.807) is 41.5 Å². The summed E-state index contributed by atoms with van der Waals surface area (Å²) in [4.78, 5) is 180. The van der Waals surface area contributed by atoms with E-state index in [0.29, 0.717) is 18.5 Å². The molecule has 0 fully saturated rings. The lowest BCUT2D eigenvalue weighted by Gasteiger charge is -2.29. The molecule has 454 valence electrons. The number of nitrogens with zero attached hydrogens (tertiary/aromatic N) is 2. The molecule has 0 spiro atoms. The number of rotatable bonds is 39. The summed E-state index contributed by atoms with van der Waals surface area (Å²) >= 11 is 0. The third-order valence-electron chi connectivity index (χ3n) is 13.1. The van der Waals surface area contributed by atoms with E-state index in [9.17, 15) is 72.5 Å². The number of hydrogen-bond donors (Lipinski definition) is 17. The largest absolute Gasteiger partial charge is 0.481 e. The Morgan fingerprint density at radius 2 is 1.06 bits per heavy atom. The van der Waals surface area contributed by atoms with Crippen LogP contribution in [0.5, 0.6) is 0 Å². The zero-order chi connectivity index (χ0) is 61.7. The van der Waals surface area contributed by atoms with E-state index in [1.165, 1.54) is 19.4 Å². The number of carboxylic acid groups (broad SMARTS) is 3. The van der Waals surface area contributed by atoms with Crippen molar-refractivity contribution in [2.24, 2.45) is 45.7 Å². The number of aromatic nitrogens is 2. The second-order valence-corrected chi connectivity index (χ2v) is 19.6. The summed E-state index contributed by atoms with van der Waals surface area (Å²) in [7, 11) is 0. The number of imidazole rings is 1. The molecule has 0 aromatic carbocycles. The normalized spacial score (nSPS) is 15.4. The van der Waals surface area contributed by atoms with Crippen molar-refractivity contribution in [1.82, 2.24) is 57.8 Å². The van der Waals surface area contributed by atoms with Crippen molar-refractivity contribution in [3.05, 3.63) is 18.2 Å². The molecular weight excluding hydrogens is 1070 g/mol. The van der Waals surface area contributed by atoms with Gasteiger partial charge in [0.05, 0.1) is 25.3 Å². The van der Waals surface area contributed by atoms with Crippen molar-refractivity contribution >= 4 is 82.9 Å². The van der Waals surface area contributed by atoms with E-state index in [4.69, 9.17) is 28.0 Å². The van der Waals surface area contributed by atoms with Gasteiger partial charge in [0, 0.05) is 37.7 Å². The first-order valence-electron chi connectivity index (χ1n) is 26.4. The summed E-state index contributed by atoms with van der Waals surface area (Å²) in [5.74, 6) is -15.7. The minimum atomic E-state index is -1.86. The number of aliphatic imine (C=N–C) groups is 1. The van der Waals surface area contributed by atoms with Crippen molar-refractivity contribution in [3.63, 3.8) is 0 Å². The molecule has 21 N–H and O–H groups in total. The first-order valence-corrected chi connectivity index (χ1v) is 26.4. The Bertz CT molecular complexity index is 2370. The van der Waals surface area contributed by atoms with Gasteiger partial charge in [-0.3, -0.25) is 62.5 Å². The van der Waals surface area contributed by atoms with Crippen molar-refractivity contribution in [2.75, 3.05) is 13.1 Å². The number of carbonyl (C=O) groups excluding carboxylic acids is 10. The number of hydrogen-bond acceptors (Lipinski definition) is 16. The number of guanidine groups is 1. The van der Waals surface area contributed by atoms with Crippen LogP contribution in [-0.2, 0) is 68.7 Å². The predicted octanol–water partition coefficient (Wildman–Crippen LogP) is -4.82. The van der Waals surface area contributed by atoms with Crippen LogP contribution in [0, 0.1) is 17.8 Å². The Hall–Kier alpha value is -8.45. The van der Waals surface area contributed by atoms with Crippen LogP contribution in [0.3, 0.4) is 0 Å². The molecule has 81 heavy (non-hydrogen) atoms. The van der Waals surface area contributed by atoms with Gasteiger partial charge in [-0.1, -0.05) is 60.8 Å². The Morgan fingerprint density at radius 1 is 0.568 bits per heavy atom. The number of aliphatic carboxylic acids is 3. The van der Waals surface area contributed by atoms with Crippen molar-refractivity contribution in [1.29, 1.82) is 0 Å². The average molecular weight is 1150 g/mol. The molecule has 0 saturated carbocycles. The van der Waals surface area contributed by atoms with E-state index in [2.05, 4.69) is 62.8 Å². The standard InChI is InChI=1S/C49H82N16O16/c1-8-23(4)37(65-47(79)39(25(6)10-3)63-41(73)28(50)13-16-35(68)69)45(77)56-21-34(67)59-31(19-36(70)71)44(76)64-38(24(5)9-2)46(78)61-29(12-11-17-55-49(52)53)43(75)60-30(14-15-33(51)66)42(74)58-26(7)40(72)62-32(48(80)81)18-27-20-54-22-57-27/h20,22-26,28-32,37-39H,8-19,21,50H2,1-7H3,(H2,51,66)(H,54,57)(H,56,77)(H,58,74)(H,59,67)(H,60,75)(H,61,78)(H,62,72)(H,63,73)(H,64,76)(H,65,79)(H,68,69)(H,70,71)(H,80,81)(H4,52,53,55)/t23-,24-,25-,26-,28-,29-,30-,31-,32-,37-,38-,39-/m0/s1. The summed E-state index contributed by atoms with van der Waals surface area (Å²) < 4.78 is 0. The molecule has 1 rings (SSSR count). The summed E-state index contributed by atoms with van der Waals surface area (Å²) in [6.07, 6.45) is 0.733. The fourth-order valence-corrected chi connectivity index (χ4v) is 7.53. The van der Waals surface area contributed by atoms with Gasteiger partial charge in [0.25, 0.3) is 0 Å². The fourth-order valence-electron chi connectivity index (χ4n) is 7.53. The van der Waals surface area contributed by atoms with Gasteiger partial charge in [0.2, 0.25) is 59.1 Å². The van der Waals surface area contributed by atoms with E-state index < -0.39 is 181 Å². The van der Waals surface area contributed by atoms with Crippen LogP contribution in [-0.4, -0.2) is 176 Å². The van der Waals surface area contributed by atoms with Crippen LogP contribution < -0.4 is 70.8 Å². The summed E-state index contributed by atoms with van der Waals surface area (Å²) in [5.41, 5.74) is 22.5. The van der Waals surface area contributed by atoms with Gasteiger partial charge in [0.1, 0.15) is 48.3 Å². The molecule has 0 bridgehead atoms. The fraction of sp³-hybridized carbons (Fsp3) is 0.653. The van der Waals surface area contributed by atoms with Crippen LogP contribution >= 0.6 is 0 Å². The molecule has 1 aromatic heterocycles. The highest BCUT2D eigenvalue weighted by atomic mass is 16.4. The quantitative estimate of drug-likeness (QED) is 0.0167. The summed E-state index contributed by atoms with van der Waals surface area (Å²) in [6, 6.07) is -13.1. The first-order chi connectivity index (χ1) is 37.9. The average Bonchev–Trinajstić information content (AvgIpc) is 3.93. The maximum Gasteiger partial charge on any atom is 0.326 e. The topological polar surface area (TPSA) is 536 Å². The molecule has 0 aliphatic heterocycles. The molecule has 0 radical (unpaired) electrons. The van der Waals surface area contributed by atoms with Crippen LogP contribution in [0.2, 0.25) is 0 Å². The van der Waals surface area contributed by atoms with Gasteiger partial charge in [-0.2, -0.15) is 0 Å². The minimum absolute atomic E-state index is 0.0343. The number of nitrogens with two attached hydrogens (primary N) is 4. The van der Waals surface area contributed by atoms with E-state index >= 15 is 0 Å². The van der Waals surface area contributed by atoms with Gasteiger partial charge < -0.3 is 91.1 Å². The lowest BCUT2D eigenvalue weighted by Crippen LogP contribution is -2.61. The third kappa shape index (κ3) is 26.4. The first kappa shape index (κ1) is 70.6. The summed E-state index contributed by atoms with van der Waals surface area (Å²) in [5, 5.41) is 50.2. The number of amides is 10. The second-order valence-electron chi connectivity index (χ2n) is 19.6. The van der Waals surface area contributed by atoms with Gasteiger partial charge >= 0.3 is 17.9 Å². The Morgan fingerprint density at radius 3 is 1.57 bits per heavy atom. The molecule has 0 unspecified atom stereocenters. The highest BCUT2D eigenvalue weighted by molar-refractivity contribution is 5.99. The molecule has 10 amide bonds. The SMILES string of the molecule is CC[C@H](C)[C@H](NC(=O)[C@H](CC(=O)O)NC(=O)CNC(=O)[C@@H](NC(=O)[C@@H](NC(=O)[C@@H](N)CCC(=O)O)[C@@H](C)CC)[C@@H](C)CC)C(=O)N[C@@H](CCCN=C(N)N)C(=O)N[C@@H](CCC(N)=O)C(=O)N[C@@H](C)C(=O)N[C@@H](Cc1cnc[nH]1)C(=O)O. The second kappa shape index (κ2) is 35.9. The van der Waals surface area contributed by atoms with Gasteiger partial charge in [-0.15, -0.1) is 0 Å². The van der Waals surface area contributed by atoms with E-state index in [-0.39, 0.29) is 44.6 Å². The van der Waals surface area contributed by atoms with Gasteiger partial charge in [-0.05, 0) is 50.4 Å². The number of carbonyl (C=O) groups is 13. The van der Waals surface area contributed by atoms with E-state index in [1.807, 2.05) is 0 Å². The molecular formula is C49H82N16O16. The minimum Gasteiger partial charge on any atom is -0.481 e. The zero-order valence-electron chi connectivity index (χ0n) is 46.6. The van der Waals surface area contributed by atoms with Gasteiger partial charge in [0.15, 0.2) is 5.96 Å². The maximum atomic E-state index is 14.2. The predicted molar refractivity (Wildman–Crippen MR) is 288 cm³/mol. The number of primary amides is 1. The number of nitrogens with one attached hydrogen (secondary N) is 10. The molecule has 0 aliphatic rings. The lowest BCUT2D eigenvalue weighted by atomic mass is 9.94. The molecule has 0 saturated heterocycles. The van der Waals surface area contributed by atoms with Crippen LogP contribution in [0.25, 0.3) is 0 Å². The monoisotopic (exact) mass is 1150 g/mol. The van der Waals surface area contributed by atoms with Crippen molar-refractivity contribution in [3.8, 4) is 0 Å². The Kier molecular flexibility index (Phi) is 31.3. The van der Waals surface area contributed by atoms with Crippen molar-refractivity contribution < 1.29 is 77.6 Å². The molecule has 1 heterocycles. The zero-order valence-corrected chi connectivity index (χ0v) is 46.6. The maximum absolute atomic E-state index is 14.2. The number of aromatic amines is 1.